The fraction of sp³-hybridized carbons (Fsp3) is 0.188. The van der Waals surface area contributed by atoms with Gasteiger partial charge in [-0.3, -0.25) is 14.3 Å². The molecule has 0 aliphatic heterocycles. The molecule has 0 atom stereocenters. The molecule has 334 valence electrons. The number of benzene rings is 6. The van der Waals surface area contributed by atoms with E-state index in [0.717, 1.165) is 17.2 Å². The van der Waals surface area contributed by atoms with E-state index in [4.69, 9.17) is 38.0 Å². The van der Waals surface area contributed by atoms with Crippen LogP contribution < -0.4 is 9.47 Å². The molecule has 0 saturated heterocycles. The van der Waals surface area contributed by atoms with Crippen LogP contribution in [0.3, 0.4) is 0 Å². The summed E-state index contributed by atoms with van der Waals surface area (Å²) in [6.45, 7) is 15.0. The minimum Gasteiger partial charge on any atom is -0.508 e. The van der Waals surface area contributed by atoms with Gasteiger partial charge in [-0.25, -0.2) is 9.18 Å². The van der Waals surface area contributed by atoms with E-state index in [9.17, 15) is 18.8 Å². The van der Waals surface area contributed by atoms with Crippen LogP contribution in [0.1, 0.15) is 93.9 Å². The number of aromatic carboxylic acids is 1. The molecule has 0 aliphatic rings. The second-order valence-corrected chi connectivity index (χ2v) is 10.1. The van der Waals surface area contributed by atoms with Crippen molar-refractivity contribution in [2.75, 3.05) is 0 Å². The van der Waals surface area contributed by atoms with E-state index in [-0.39, 0.29) is 35.1 Å². The van der Waals surface area contributed by atoms with Crippen LogP contribution >= 0.6 is 0 Å². The molecule has 7 nitrogen and oxygen atoms in total. The highest BCUT2D eigenvalue weighted by Gasteiger charge is 2.03. The first-order valence-electron chi connectivity index (χ1n) is 18.3. The summed E-state index contributed by atoms with van der Waals surface area (Å²) in [6, 6.07) is 46.5. The molecule has 0 unspecified atom stereocenters. The number of phenolic OH excluding ortho intramolecular Hbond substituents is 1. The molecule has 0 spiro atoms. The van der Waals surface area contributed by atoms with Crippen LogP contribution in [-0.2, 0) is 0 Å². The average molecular weight is 861 g/mol. The molecule has 0 radical (unpaired) electrons. The van der Waals surface area contributed by atoms with Crippen molar-refractivity contribution in [1.29, 1.82) is 0 Å². The first-order valence-corrected chi connectivity index (χ1v) is 18.3. The van der Waals surface area contributed by atoms with E-state index < -0.39 is 5.97 Å². The Morgan fingerprint density at radius 3 is 0.918 bits per heavy atom. The molecule has 6 aromatic carbocycles. The Morgan fingerprint density at radius 2 is 0.672 bits per heavy atom. The van der Waals surface area contributed by atoms with Crippen LogP contribution in [0.4, 0.5) is 27.4 Å². The highest BCUT2D eigenvalue weighted by Crippen LogP contribution is 2.22. The maximum Gasteiger partial charge on any atom is 0.335 e. The quantitative estimate of drug-likeness (QED) is 0.121. The Bertz CT molecular complexity index is 1790. The molecule has 0 saturated carbocycles. The van der Waals surface area contributed by atoms with E-state index in [1.165, 1.54) is 43.3 Å². The number of para-hydroxylation sites is 3. The zero-order valence-corrected chi connectivity index (χ0v) is 34.8. The number of rotatable bonds is 7. The van der Waals surface area contributed by atoms with E-state index in [1.807, 2.05) is 108 Å². The molecule has 0 fully saturated rings. The summed E-state index contributed by atoms with van der Waals surface area (Å²) in [4.78, 5) is 32.3. The van der Waals surface area contributed by atoms with Crippen LogP contribution in [-0.4, -0.2) is 27.7 Å². The van der Waals surface area contributed by atoms with E-state index in [2.05, 4.69) is 0 Å². The number of ketones is 2. The van der Waals surface area contributed by atoms with Crippen LogP contribution in [0.5, 0.6) is 28.7 Å². The van der Waals surface area contributed by atoms with Crippen molar-refractivity contribution < 1.29 is 61.5 Å². The van der Waals surface area contributed by atoms with E-state index in [1.54, 1.807) is 67.6 Å². The van der Waals surface area contributed by atoms with Gasteiger partial charge in [0, 0.05) is 29.4 Å². The normalized spacial score (nSPS) is 8.15. The standard InChI is InChI=1S/C14H12O2.C13H10O3.C8H7FO.C6H6O.3C2H6.CH4.2F2.FH/c1-11(15)12-7-9-14(10-8-12)16-13-5-3-2-4-6-13;14-13(15)10-6-8-12(9-7-10)16-11-4-2-1-3-5-11;1-6(10)7-2-4-8(9)5-3-7;7-6-4-2-1-3-5-6;3*1-2;;2*1-2;/h2-10H,1H3;1-9H,(H,14,15);2-5H,1H3;1-5,7H;3*1-2H3;1H4;;;1H. The van der Waals surface area contributed by atoms with Crippen molar-refractivity contribution in [3.05, 3.63) is 186 Å². The van der Waals surface area contributed by atoms with Crippen LogP contribution in [0, 0.1) is 5.82 Å². The fourth-order valence-corrected chi connectivity index (χ4v) is 3.79. The Labute approximate surface area is 356 Å². The summed E-state index contributed by atoms with van der Waals surface area (Å²) in [7, 11) is 0. The third kappa shape index (κ3) is 30.8. The second kappa shape index (κ2) is 42.7. The fourth-order valence-electron chi connectivity index (χ4n) is 3.79. The molecule has 61 heavy (non-hydrogen) atoms. The van der Waals surface area contributed by atoms with Crippen molar-refractivity contribution >= 4 is 17.5 Å². The molecule has 2 N–H and O–H groups in total. The van der Waals surface area contributed by atoms with Gasteiger partial charge in [0.25, 0.3) is 0 Å². The summed E-state index contributed by atoms with van der Waals surface area (Å²) in [6.07, 6.45) is 0. The van der Waals surface area contributed by atoms with Gasteiger partial charge in [-0.2, -0.15) is 0 Å². The maximum absolute atomic E-state index is 12.2. The highest BCUT2D eigenvalue weighted by molar-refractivity contribution is 5.94. The summed E-state index contributed by atoms with van der Waals surface area (Å²) >= 11 is 0. The van der Waals surface area contributed by atoms with Crippen molar-refractivity contribution in [1.82, 2.24) is 0 Å². The molecule has 13 heteroatoms. The van der Waals surface area contributed by atoms with Crippen molar-refractivity contribution in [3.8, 4) is 28.7 Å². The van der Waals surface area contributed by atoms with Crippen molar-refractivity contribution in [3.63, 3.8) is 0 Å². The van der Waals surface area contributed by atoms with Crippen LogP contribution in [0.2, 0.25) is 0 Å². The number of hydrogen-bond donors (Lipinski definition) is 2. The molecular weight excluding hydrogens is 803 g/mol. The number of carboxylic acids is 1. The van der Waals surface area contributed by atoms with Crippen molar-refractivity contribution in [2.24, 2.45) is 0 Å². The van der Waals surface area contributed by atoms with Gasteiger partial charge < -0.3 is 19.7 Å². The number of Topliss-reactive ketones (excluding diaryl/α,β-unsaturated/α-hetero) is 2. The monoisotopic (exact) mass is 860 g/mol. The van der Waals surface area contributed by atoms with Crippen LogP contribution in [0.25, 0.3) is 0 Å². The summed E-state index contributed by atoms with van der Waals surface area (Å²) < 4.78 is 55.4. The number of carbonyl (C=O) groups excluding carboxylic acids is 2. The zero-order valence-electron chi connectivity index (χ0n) is 34.8. The number of carbonyl (C=O) groups is 3. The minimum atomic E-state index is -0.939. The van der Waals surface area contributed by atoms with Gasteiger partial charge >= 0.3 is 5.97 Å². The average Bonchev–Trinajstić information content (AvgIpc) is 3.29. The highest BCUT2D eigenvalue weighted by atomic mass is 20.0. The van der Waals surface area contributed by atoms with E-state index >= 15 is 0 Å². The minimum absolute atomic E-state index is 0. The van der Waals surface area contributed by atoms with Gasteiger partial charge in [0.15, 0.2) is 11.6 Å². The smallest absolute Gasteiger partial charge is 0.335 e. The van der Waals surface area contributed by atoms with Gasteiger partial charge in [-0.15, -0.1) is 0 Å². The lowest BCUT2D eigenvalue weighted by molar-refractivity contribution is 0.0696. The molecular formula is C48H58F6O7. The largest absolute Gasteiger partial charge is 0.508 e. The third-order valence-electron chi connectivity index (χ3n) is 6.33. The number of ether oxygens (including phenoxy) is 2. The second-order valence-electron chi connectivity index (χ2n) is 10.1. The predicted octanol–water partition coefficient (Wildman–Crippen LogP) is 15.8. The Hall–Kier alpha value is -6.89. The predicted molar refractivity (Wildman–Crippen MR) is 235 cm³/mol. The van der Waals surface area contributed by atoms with Crippen molar-refractivity contribution in [2.45, 2.75) is 62.8 Å². The van der Waals surface area contributed by atoms with E-state index in [0.29, 0.717) is 22.6 Å². The summed E-state index contributed by atoms with van der Waals surface area (Å²) in [5.74, 6) is 1.96. The Kier molecular flexibility index (Phi) is 44.3. The Balaban J connectivity index is -0.000000218. The SMILES string of the molecule is C.CC.CC.CC.CC(=O)c1ccc(F)cc1.CC(=O)c1ccc(Oc2ccccc2)cc1.F.FF.FF.O=C(O)c1ccc(Oc2ccccc2)cc1.Oc1ccccc1. The molecule has 0 bridgehead atoms. The molecule has 0 aliphatic carbocycles. The number of aromatic hydroxyl groups is 1. The lowest BCUT2D eigenvalue weighted by Gasteiger charge is -2.05. The van der Waals surface area contributed by atoms with Crippen LogP contribution in [0.15, 0.2) is 164 Å². The summed E-state index contributed by atoms with van der Waals surface area (Å²) in [5.41, 5.74) is 1.49. The van der Waals surface area contributed by atoms with Gasteiger partial charge in [0.1, 0.15) is 34.6 Å². The third-order valence-corrected chi connectivity index (χ3v) is 6.33. The number of phenols is 1. The Morgan fingerprint density at radius 1 is 0.426 bits per heavy atom. The lowest BCUT2D eigenvalue weighted by Crippen LogP contribution is -1.95. The maximum atomic E-state index is 12.2. The molecule has 0 aromatic heterocycles. The summed E-state index contributed by atoms with van der Waals surface area (Å²) in [5, 5.41) is 17.4. The molecule has 0 amide bonds. The lowest BCUT2D eigenvalue weighted by atomic mass is 10.1. The molecule has 0 heterocycles. The van der Waals surface area contributed by atoms with Gasteiger partial charge in [0.2, 0.25) is 0 Å². The first-order chi connectivity index (χ1) is 28.6. The number of halogens is 6. The molecule has 6 rings (SSSR count). The molecule has 6 aromatic rings. The van der Waals surface area contributed by atoms with Gasteiger partial charge in [0.05, 0.1) is 5.56 Å². The van der Waals surface area contributed by atoms with Gasteiger partial charge in [-0.1, -0.05) is 104 Å². The van der Waals surface area contributed by atoms with Gasteiger partial charge in [-0.05, 0) is 123 Å². The number of hydrogen-bond acceptors (Lipinski definition) is 6. The zero-order chi connectivity index (χ0) is 45.4. The first kappa shape index (κ1) is 63.3. The number of carboxylic acid groups (broad SMARTS) is 1. The topological polar surface area (TPSA) is 110 Å².